The van der Waals surface area contributed by atoms with Crippen molar-refractivity contribution < 1.29 is 24.0 Å². The molecule has 7 N–H and O–H groups in total. The number of nitrogens with two attached hydrogens (primary N) is 2. The quantitative estimate of drug-likeness (QED) is 0.0914. The molecule has 338 valence electrons. The molecule has 2 fully saturated rings. The van der Waals surface area contributed by atoms with Gasteiger partial charge in [-0.3, -0.25) is 24.0 Å². The molecule has 2 aromatic heterocycles. The van der Waals surface area contributed by atoms with Crippen molar-refractivity contribution >= 4 is 72.4 Å². The summed E-state index contributed by atoms with van der Waals surface area (Å²) in [6.07, 6.45) is 8.20. The highest BCUT2D eigenvalue weighted by molar-refractivity contribution is 5.96. The number of nitrogens with zero attached hydrogens (tertiary/aromatic N) is 4. The van der Waals surface area contributed by atoms with Gasteiger partial charge in [-0.2, -0.15) is 0 Å². The Balaban J connectivity index is 0.00000341. The van der Waals surface area contributed by atoms with Gasteiger partial charge < -0.3 is 41.6 Å². The first kappa shape index (κ1) is 51.6. The smallest absolute Gasteiger partial charge is 0.274 e. The number of benzene rings is 2. The van der Waals surface area contributed by atoms with Crippen molar-refractivity contribution in [2.24, 2.45) is 17.4 Å². The van der Waals surface area contributed by atoms with Crippen LogP contribution in [0.3, 0.4) is 0 Å². The van der Waals surface area contributed by atoms with Gasteiger partial charge in [0.25, 0.3) is 5.91 Å². The molecule has 0 saturated carbocycles. The Labute approximate surface area is 382 Å². The number of carbonyl (C=O) groups excluding carboxylic acids is 5. The number of nitrogens with one attached hydrogen (secondary N) is 3. The van der Waals surface area contributed by atoms with Crippen LogP contribution in [0.15, 0.2) is 91.3 Å². The lowest BCUT2D eigenvalue weighted by Crippen LogP contribution is -2.67. The summed E-state index contributed by atoms with van der Waals surface area (Å²) in [6, 6.07) is 20.7. The van der Waals surface area contributed by atoms with Crippen molar-refractivity contribution in [2.75, 3.05) is 26.2 Å². The third kappa shape index (κ3) is 13.1. The van der Waals surface area contributed by atoms with Crippen LogP contribution in [0, 0.1) is 5.92 Å². The van der Waals surface area contributed by atoms with Crippen molar-refractivity contribution in [3.8, 4) is 0 Å². The lowest BCUT2D eigenvalue weighted by molar-refractivity contribution is -0.141. The van der Waals surface area contributed by atoms with Crippen LogP contribution in [-0.4, -0.2) is 105 Å². The standard InChI is InChI=1S/C45H59N9O5.3ClH/c1-31(2)27-36(51-42(57)37(29-33-15-7-4-8-16-33)50-40(55)34(47)28-32-13-5-3-6-14-32)41(56)49-35(17-9-11-22-46)43(58)52-24-19-45(20-25-52)21-26-54(45)44(59)38-30-53-23-12-10-18-39(53)48-38;;;/h3-8,10,12-16,18,23,30-31,34-37H,9,11,17,19-22,24-29,46-47H2,1-2H3,(H,49,56)(H,50,55)(H,51,57);3*1H/t34-,35-,36-,37-;;;/m1.../s1. The molecule has 0 unspecified atom stereocenters. The van der Waals surface area contributed by atoms with E-state index in [1.165, 1.54) is 0 Å². The zero-order valence-electron chi connectivity index (χ0n) is 35.4. The summed E-state index contributed by atoms with van der Waals surface area (Å²) >= 11 is 0. The van der Waals surface area contributed by atoms with Gasteiger partial charge in [0.15, 0.2) is 0 Å². The number of likely N-dealkylation sites (tertiary alicyclic amines) is 2. The molecular weight excluding hydrogens is 853 g/mol. The van der Waals surface area contributed by atoms with Crippen LogP contribution in [0.5, 0.6) is 0 Å². The van der Waals surface area contributed by atoms with E-state index in [1.54, 1.807) is 11.1 Å². The van der Waals surface area contributed by atoms with Crippen LogP contribution >= 0.6 is 37.2 Å². The number of unbranched alkanes of at least 4 members (excludes halogenated alkanes) is 1. The Hall–Kier alpha value is -4.73. The van der Waals surface area contributed by atoms with Gasteiger partial charge in [0.1, 0.15) is 29.5 Å². The van der Waals surface area contributed by atoms with Gasteiger partial charge in [-0.1, -0.05) is 80.6 Å². The molecule has 0 aliphatic carbocycles. The second-order valence-corrected chi connectivity index (χ2v) is 16.4. The highest BCUT2D eigenvalue weighted by atomic mass is 35.5. The molecule has 4 heterocycles. The van der Waals surface area contributed by atoms with Crippen molar-refractivity contribution in [2.45, 2.75) is 101 Å². The molecule has 1 spiro atoms. The maximum atomic E-state index is 14.2. The first-order chi connectivity index (χ1) is 28.5. The number of piperidine rings is 1. The van der Waals surface area contributed by atoms with Crippen LogP contribution < -0.4 is 27.4 Å². The number of hydrogen-bond acceptors (Lipinski definition) is 8. The summed E-state index contributed by atoms with van der Waals surface area (Å²) in [7, 11) is 0. The number of amides is 5. The number of carbonyl (C=O) groups is 5. The fourth-order valence-electron chi connectivity index (χ4n) is 8.21. The number of pyridine rings is 1. The Morgan fingerprint density at radius 2 is 1.27 bits per heavy atom. The van der Waals surface area contributed by atoms with Gasteiger partial charge in [0.2, 0.25) is 23.6 Å². The molecule has 4 atom stereocenters. The van der Waals surface area contributed by atoms with Gasteiger partial charge in [0.05, 0.1) is 6.04 Å². The second-order valence-electron chi connectivity index (χ2n) is 16.4. The van der Waals surface area contributed by atoms with E-state index in [-0.39, 0.29) is 66.9 Å². The van der Waals surface area contributed by atoms with Crippen molar-refractivity contribution in [3.05, 3.63) is 108 Å². The van der Waals surface area contributed by atoms with Crippen molar-refractivity contribution in [1.29, 1.82) is 0 Å². The minimum Gasteiger partial charge on any atom is -0.343 e. The summed E-state index contributed by atoms with van der Waals surface area (Å²) in [5.41, 5.74) is 14.6. The highest BCUT2D eigenvalue weighted by Gasteiger charge is 2.50. The lowest BCUT2D eigenvalue weighted by atomic mass is 9.76. The van der Waals surface area contributed by atoms with Gasteiger partial charge in [-0.05, 0) is 87.1 Å². The number of halogens is 3. The molecule has 5 amide bonds. The Morgan fingerprint density at radius 3 is 1.85 bits per heavy atom. The molecule has 2 aliphatic rings. The monoisotopic (exact) mass is 913 g/mol. The highest BCUT2D eigenvalue weighted by Crippen LogP contribution is 2.41. The maximum absolute atomic E-state index is 14.2. The zero-order chi connectivity index (χ0) is 41.9. The van der Waals surface area contributed by atoms with Gasteiger partial charge in [0, 0.05) is 44.0 Å². The molecule has 62 heavy (non-hydrogen) atoms. The van der Waals surface area contributed by atoms with Gasteiger partial charge in [-0.15, -0.1) is 37.2 Å². The average Bonchev–Trinajstić information content (AvgIpc) is 3.67. The zero-order valence-corrected chi connectivity index (χ0v) is 37.9. The summed E-state index contributed by atoms with van der Waals surface area (Å²) in [6.45, 7) is 5.88. The van der Waals surface area contributed by atoms with E-state index < -0.39 is 41.9 Å². The predicted octanol–water partition coefficient (Wildman–Crippen LogP) is 4.25. The first-order valence-corrected chi connectivity index (χ1v) is 21.0. The van der Waals surface area contributed by atoms with Crippen LogP contribution in [0.25, 0.3) is 5.65 Å². The molecule has 4 aromatic rings. The Kier molecular flexibility index (Phi) is 20.2. The molecule has 2 aliphatic heterocycles. The molecular formula is C45H62Cl3N9O5. The van der Waals surface area contributed by atoms with Crippen LogP contribution in [0.4, 0.5) is 0 Å². The molecule has 0 radical (unpaired) electrons. The lowest BCUT2D eigenvalue weighted by Gasteiger charge is -2.56. The molecule has 17 heteroatoms. The summed E-state index contributed by atoms with van der Waals surface area (Å²) < 4.78 is 1.84. The fourth-order valence-corrected chi connectivity index (χ4v) is 8.21. The van der Waals surface area contributed by atoms with Crippen LogP contribution in [-0.2, 0) is 32.0 Å². The topological polar surface area (TPSA) is 197 Å². The van der Waals surface area contributed by atoms with E-state index >= 15 is 0 Å². The second kappa shape index (κ2) is 24.2. The van der Waals surface area contributed by atoms with E-state index in [0.717, 1.165) is 17.5 Å². The molecule has 14 nitrogen and oxygen atoms in total. The van der Waals surface area contributed by atoms with Crippen LogP contribution in [0.1, 0.15) is 80.4 Å². The third-order valence-corrected chi connectivity index (χ3v) is 11.7. The van der Waals surface area contributed by atoms with E-state index in [0.29, 0.717) is 82.5 Å². The molecule has 0 bridgehead atoms. The normalized spacial score (nSPS) is 16.0. The summed E-state index contributed by atoms with van der Waals surface area (Å²) in [4.78, 5) is 77.7. The van der Waals surface area contributed by atoms with E-state index in [9.17, 15) is 24.0 Å². The number of rotatable bonds is 18. The van der Waals surface area contributed by atoms with E-state index in [2.05, 4.69) is 20.9 Å². The van der Waals surface area contributed by atoms with Crippen molar-refractivity contribution in [1.82, 2.24) is 35.1 Å². The minimum absolute atomic E-state index is 0. The van der Waals surface area contributed by atoms with Gasteiger partial charge >= 0.3 is 0 Å². The van der Waals surface area contributed by atoms with E-state index in [4.69, 9.17) is 11.5 Å². The molecule has 2 saturated heterocycles. The molecule has 2 aromatic carbocycles. The predicted molar refractivity (Wildman–Crippen MR) is 248 cm³/mol. The third-order valence-electron chi connectivity index (χ3n) is 11.7. The maximum Gasteiger partial charge on any atom is 0.274 e. The number of hydrogen-bond donors (Lipinski definition) is 5. The summed E-state index contributed by atoms with van der Waals surface area (Å²) in [5, 5.41) is 8.77. The SMILES string of the molecule is CC(C)C[C@@H](NC(=O)[C@@H](Cc1ccccc1)NC(=O)[C@H](N)Cc1ccccc1)C(=O)N[C@H](CCCCN)C(=O)N1CCC2(CC1)CCN2C(=O)c1cn2ccccc2n1.Cl.Cl.Cl. The summed E-state index contributed by atoms with van der Waals surface area (Å²) in [5.74, 6) is -1.76. The number of fused-ring (bicyclic) bond motifs is 1. The van der Waals surface area contributed by atoms with Crippen LogP contribution in [0.2, 0.25) is 0 Å². The fraction of sp³-hybridized carbons (Fsp3) is 0.467. The van der Waals surface area contributed by atoms with Crippen molar-refractivity contribution in [3.63, 3.8) is 0 Å². The van der Waals surface area contributed by atoms with Gasteiger partial charge in [-0.25, -0.2) is 4.98 Å². The molecule has 6 rings (SSSR count). The minimum atomic E-state index is -1.01. The Morgan fingerprint density at radius 1 is 0.710 bits per heavy atom. The first-order valence-electron chi connectivity index (χ1n) is 21.0. The number of aromatic nitrogens is 2. The largest absolute Gasteiger partial charge is 0.343 e. The average molecular weight is 915 g/mol. The number of imidazole rings is 1. The van der Waals surface area contributed by atoms with E-state index in [1.807, 2.05) is 108 Å². The Bertz CT molecular complexity index is 2030.